The zero-order valence-electron chi connectivity index (χ0n) is 14.5. The van der Waals surface area contributed by atoms with Crippen molar-refractivity contribution in [2.75, 3.05) is 20.3 Å². The van der Waals surface area contributed by atoms with Crippen LogP contribution in [0.15, 0.2) is 18.2 Å². The second kappa shape index (κ2) is 6.19. The van der Waals surface area contributed by atoms with Gasteiger partial charge in [0.15, 0.2) is 11.5 Å². The van der Waals surface area contributed by atoms with Crippen molar-refractivity contribution in [1.82, 2.24) is 10.2 Å². The first-order chi connectivity index (χ1) is 11.6. The van der Waals surface area contributed by atoms with Crippen molar-refractivity contribution in [3.8, 4) is 11.5 Å². The van der Waals surface area contributed by atoms with Crippen molar-refractivity contribution in [1.29, 1.82) is 0 Å². The van der Waals surface area contributed by atoms with E-state index in [2.05, 4.69) is 18.3 Å². The molecule has 5 heteroatoms. The number of rotatable bonds is 5. The number of amides is 2. The zero-order valence-corrected chi connectivity index (χ0v) is 14.5. The molecular formula is C19H26N2O3. The molecule has 1 heterocycles. The normalized spacial score (nSPS) is 21.8. The number of urea groups is 1. The van der Waals surface area contributed by atoms with E-state index < -0.39 is 0 Å². The Balaban J connectivity index is 1.49. The first-order valence-corrected chi connectivity index (χ1v) is 9.06. The monoisotopic (exact) mass is 330 g/mol. The predicted molar refractivity (Wildman–Crippen MR) is 91.4 cm³/mol. The number of nitrogens with zero attached hydrogens (tertiary/aromatic N) is 1. The Morgan fingerprint density at radius 2 is 1.79 bits per heavy atom. The van der Waals surface area contributed by atoms with Gasteiger partial charge in [-0.1, -0.05) is 6.07 Å². The molecule has 0 saturated heterocycles. The Hall–Kier alpha value is -1.91. The van der Waals surface area contributed by atoms with Crippen LogP contribution in [0.2, 0.25) is 0 Å². The topological polar surface area (TPSA) is 50.8 Å². The van der Waals surface area contributed by atoms with Gasteiger partial charge in [-0.25, -0.2) is 4.79 Å². The number of hydrogen-bond acceptors (Lipinski definition) is 3. The van der Waals surface area contributed by atoms with Crippen LogP contribution in [0.25, 0.3) is 0 Å². The highest BCUT2D eigenvalue weighted by molar-refractivity contribution is 5.75. The number of ether oxygens (including phenoxy) is 2. The third-order valence-corrected chi connectivity index (χ3v) is 5.53. The quantitative estimate of drug-likeness (QED) is 0.901. The molecule has 2 atom stereocenters. The van der Waals surface area contributed by atoms with Gasteiger partial charge in [-0.3, -0.25) is 0 Å². The highest BCUT2D eigenvalue weighted by atomic mass is 16.6. The van der Waals surface area contributed by atoms with Gasteiger partial charge in [0.25, 0.3) is 0 Å². The van der Waals surface area contributed by atoms with Gasteiger partial charge in [-0.15, -0.1) is 0 Å². The molecule has 0 bridgehead atoms. The molecule has 1 aromatic carbocycles. The van der Waals surface area contributed by atoms with Crippen molar-refractivity contribution < 1.29 is 14.3 Å². The molecule has 4 rings (SSSR count). The van der Waals surface area contributed by atoms with Gasteiger partial charge in [-0.05, 0) is 62.1 Å². The van der Waals surface area contributed by atoms with Crippen molar-refractivity contribution in [3.05, 3.63) is 23.8 Å². The van der Waals surface area contributed by atoms with E-state index in [9.17, 15) is 4.79 Å². The van der Waals surface area contributed by atoms with Crippen LogP contribution in [-0.2, 0) is 0 Å². The summed E-state index contributed by atoms with van der Waals surface area (Å²) in [5, 5.41) is 3.26. The molecular weight excluding hydrogens is 304 g/mol. The Kier molecular flexibility index (Phi) is 4.02. The third kappa shape index (κ3) is 3.17. The van der Waals surface area contributed by atoms with Crippen LogP contribution < -0.4 is 14.8 Å². The van der Waals surface area contributed by atoms with E-state index in [4.69, 9.17) is 9.47 Å². The average molecular weight is 330 g/mol. The van der Waals surface area contributed by atoms with Crippen LogP contribution in [-0.4, -0.2) is 37.2 Å². The minimum Gasteiger partial charge on any atom is -0.486 e. The highest BCUT2D eigenvalue weighted by Crippen LogP contribution is 2.43. The van der Waals surface area contributed by atoms with E-state index in [1.807, 2.05) is 24.1 Å². The maximum absolute atomic E-state index is 12.7. The summed E-state index contributed by atoms with van der Waals surface area (Å²) in [7, 11) is 1.91. The summed E-state index contributed by atoms with van der Waals surface area (Å²) < 4.78 is 11.3. The zero-order chi connectivity index (χ0) is 16.7. The second-order valence-electron chi connectivity index (χ2n) is 7.36. The Morgan fingerprint density at radius 1 is 1.12 bits per heavy atom. The fourth-order valence-electron chi connectivity index (χ4n) is 3.47. The molecule has 1 N–H and O–H groups in total. The summed E-state index contributed by atoms with van der Waals surface area (Å²) >= 11 is 0. The van der Waals surface area contributed by atoms with Gasteiger partial charge in [0.1, 0.15) is 13.2 Å². The molecule has 130 valence electrons. The summed E-state index contributed by atoms with van der Waals surface area (Å²) in [4.78, 5) is 14.5. The molecule has 3 aliphatic rings. The van der Waals surface area contributed by atoms with Crippen LogP contribution in [0.4, 0.5) is 4.79 Å². The number of hydrogen-bond donors (Lipinski definition) is 1. The molecule has 24 heavy (non-hydrogen) atoms. The molecule has 1 aromatic rings. The van der Waals surface area contributed by atoms with Gasteiger partial charge in [0.2, 0.25) is 0 Å². The van der Waals surface area contributed by atoms with E-state index in [1.165, 1.54) is 25.7 Å². The SMILES string of the molecule is C[C@H](C1CC1)N(C)C(=O)N[C@H](c1ccc2c(c1)OCCO2)C1CC1. The number of nitrogens with one attached hydrogen (secondary N) is 1. The van der Waals surface area contributed by atoms with Gasteiger partial charge in [-0.2, -0.15) is 0 Å². The lowest BCUT2D eigenvalue weighted by molar-refractivity contribution is 0.171. The number of carbonyl (C=O) groups excluding carboxylic acids is 1. The van der Waals surface area contributed by atoms with Crippen molar-refractivity contribution in [2.45, 2.75) is 44.7 Å². The summed E-state index contributed by atoms with van der Waals surface area (Å²) in [6.07, 6.45) is 4.82. The van der Waals surface area contributed by atoms with Crippen LogP contribution in [0.3, 0.4) is 0 Å². The number of fused-ring (bicyclic) bond motifs is 1. The summed E-state index contributed by atoms with van der Waals surface area (Å²) in [6, 6.07) is 6.44. The Morgan fingerprint density at radius 3 is 2.46 bits per heavy atom. The maximum atomic E-state index is 12.7. The predicted octanol–water partition coefficient (Wildman–Crippen LogP) is 3.35. The van der Waals surface area contributed by atoms with E-state index in [-0.39, 0.29) is 12.1 Å². The molecule has 0 aromatic heterocycles. The summed E-state index contributed by atoms with van der Waals surface area (Å²) in [5.74, 6) is 2.79. The smallest absolute Gasteiger partial charge is 0.317 e. The van der Waals surface area contributed by atoms with Crippen LogP contribution >= 0.6 is 0 Å². The van der Waals surface area contributed by atoms with Crippen LogP contribution in [0.5, 0.6) is 11.5 Å². The number of benzene rings is 1. The van der Waals surface area contributed by atoms with E-state index in [0.717, 1.165) is 17.1 Å². The van der Waals surface area contributed by atoms with Crippen molar-refractivity contribution in [2.24, 2.45) is 11.8 Å². The minimum atomic E-state index is 0.0289. The summed E-state index contributed by atoms with van der Waals surface area (Å²) in [5.41, 5.74) is 1.11. The van der Waals surface area contributed by atoms with Gasteiger partial charge < -0.3 is 19.7 Å². The molecule has 5 nitrogen and oxygen atoms in total. The van der Waals surface area contributed by atoms with Crippen molar-refractivity contribution >= 4 is 6.03 Å². The molecule has 2 fully saturated rings. The second-order valence-corrected chi connectivity index (χ2v) is 7.36. The highest BCUT2D eigenvalue weighted by Gasteiger charge is 2.37. The lowest BCUT2D eigenvalue weighted by Crippen LogP contribution is -2.45. The molecule has 2 saturated carbocycles. The van der Waals surface area contributed by atoms with Crippen LogP contribution in [0, 0.1) is 11.8 Å². The van der Waals surface area contributed by atoms with Crippen molar-refractivity contribution in [3.63, 3.8) is 0 Å². The molecule has 2 aliphatic carbocycles. The lowest BCUT2D eigenvalue weighted by Gasteiger charge is -2.29. The minimum absolute atomic E-state index is 0.0289. The molecule has 0 radical (unpaired) electrons. The number of carbonyl (C=O) groups is 1. The molecule has 2 amide bonds. The molecule has 0 spiro atoms. The Labute approximate surface area is 143 Å². The lowest BCUT2D eigenvalue weighted by atomic mass is 10.0. The van der Waals surface area contributed by atoms with Gasteiger partial charge in [0, 0.05) is 13.1 Å². The van der Waals surface area contributed by atoms with Gasteiger partial charge >= 0.3 is 6.03 Å². The Bertz CT molecular complexity index is 625. The summed E-state index contributed by atoms with van der Waals surface area (Å²) in [6.45, 7) is 3.32. The standard InChI is InChI=1S/C19H26N2O3/c1-12(13-3-4-13)21(2)19(22)20-18(14-5-6-14)15-7-8-16-17(11-15)24-10-9-23-16/h7-8,11-14,18H,3-6,9-10H2,1-2H3,(H,20,22)/t12-,18+/m1/s1. The maximum Gasteiger partial charge on any atom is 0.317 e. The van der Waals surface area contributed by atoms with E-state index in [0.29, 0.717) is 31.1 Å². The van der Waals surface area contributed by atoms with Gasteiger partial charge in [0.05, 0.1) is 6.04 Å². The average Bonchev–Trinajstić information content (AvgIpc) is 3.49. The first-order valence-electron chi connectivity index (χ1n) is 9.06. The molecule has 0 unspecified atom stereocenters. The fraction of sp³-hybridized carbons (Fsp3) is 0.632. The van der Waals surface area contributed by atoms with E-state index in [1.54, 1.807) is 0 Å². The molecule has 1 aliphatic heterocycles. The first kappa shape index (κ1) is 15.6. The largest absolute Gasteiger partial charge is 0.486 e. The van der Waals surface area contributed by atoms with E-state index >= 15 is 0 Å². The van der Waals surface area contributed by atoms with Crippen LogP contribution in [0.1, 0.15) is 44.2 Å². The third-order valence-electron chi connectivity index (χ3n) is 5.53. The fourth-order valence-corrected chi connectivity index (χ4v) is 3.47.